The highest BCUT2D eigenvalue weighted by molar-refractivity contribution is 9.10. The molecule has 132 valence electrons. The van der Waals surface area contributed by atoms with Gasteiger partial charge < -0.3 is 14.8 Å². The SMILES string of the molecule is COc1ccc(C)cc1CC(=O)O[C@H](C)C(=O)Nc1ccc(Br)cc1. The van der Waals surface area contributed by atoms with Crippen molar-refractivity contribution >= 4 is 33.5 Å². The zero-order chi connectivity index (χ0) is 18.4. The molecule has 0 aliphatic carbocycles. The Kier molecular flexibility index (Phi) is 6.58. The molecule has 0 aromatic heterocycles. The van der Waals surface area contributed by atoms with Crippen LogP contribution in [0, 0.1) is 6.92 Å². The van der Waals surface area contributed by atoms with E-state index in [4.69, 9.17) is 9.47 Å². The average molecular weight is 406 g/mol. The first-order valence-electron chi connectivity index (χ1n) is 7.78. The fourth-order valence-corrected chi connectivity index (χ4v) is 2.53. The van der Waals surface area contributed by atoms with Gasteiger partial charge in [0.05, 0.1) is 13.5 Å². The molecule has 0 spiro atoms. The summed E-state index contributed by atoms with van der Waals surface area (Å²) in [5.41, 5.74) is 2.38. The largest absolute Gasteiger partial charge is 0.496 e. The molecule has 0 unspecified atom stereocenters. The molecule has 0 aliphatic rings. The van der Waals surface area contributed by atoms with E-state index in [9.17, 15) is 9.59 Å². The van der Waals surface area contributed by atoms with Gasteiger partial charge in [0.1, 0.15) is 5.75 Å². The number of ether oxygens (including phenoxy) is 2. The molecule has 0 saturated carbocycles. The fraction of sp³-hybridized carbons (Fsp3) is 0.263. The summed E-state index contributed by atoms with van der Waals surface area (Å²) in [5.74, 6) is -0.247. The smallest absolute Gasteiger partial charge is 0.311 e. The van der Waals surface area contributed by atoms with Gasteiger partial charge in [-0.1, -0.05) is 33.6 Å². The van der Waals surface area contributed by atoms with Crippen LogP contribution in [0.5, 0.6) is 5.75 Å². The van der Waals surface area contributed by atoms with Crippen LogP contribution < -0.4 is 10.1 Å². The molecule has 5 nitrogen and oxygen atoms in total. The van der Waals surface area contributed by atoms with Gasteiger partial charge in [0.15, 0.2) is 6.10 Å². The Morgan fingerprint density at radius 2 is 1.84 bits per heavy atom. The van der Waals surface area contributed by atoms with E-state index in [0.717, 1.165) is 15.6 Å². The number of carbonyl (C=O) groups is 2. The quantitative estimate of drug-likeness (QED) is 0.740. The highest BCUT2D eigenvalue weighted by Crippen LogP contribution is 2.21. The summed E-state index contributed by atoms with van der Waals surface area (Å²) in [4.78, 5) is 24.3. The van der Waals surface area contributed by atoms with Gasteiger partial charge in [-0.2, -0.15) is 0 Å². The lowest BCUT2D eigenvalue weighted by Gasteiger charge is -2.14. The van der Waals surface area contributed by atoms with Gasteiger partial charge in [-0.05, 0) is 44.2 Å². The summed E-state index contributed by atoms with van der Waals surface area (Å²) >= 11 is 3.33. The first-order chi connectivity index (χ1) is 11.9. The molecular formula is C19H20BrNO4. The number of aryl methyl sites for hydroxylation is 1. The minimum atomic E-state index is -0.896. The second-order valence-corrected chi connectivity index (χ2v) is 6.54. The molecule has 0 aliphatic heterocycles. The first-order valence-corrected chi connectivity index (χ1v) is 8.57. The van der Waals surface area contributed by atoms with Crippen molar-refractivity contribution in [2.45, 2.75) is 26.4 Å². The summed E-state index contributed by atoms with van der Waals surface area (Å²) in [5, 5.41) is 2.71. The van der Waals surface area contributed by atoms with Gasteiger partial charge >= 0.3 is 5.97 Å². The van der Waals surface area contributed by atoms with Crippen molar-refractivity contribution in [3.8, 4) is 5.75 Å². The molecule has 2 rings (SSSR count). The van der Waals surface area contributed by atoms with Gasteiger partial charge in [0, 0.05) is 15.7 Å². The number of carbonyl (C=O) groups excluding carboxylic acids is 2. The summed E-state index contributed by atoms with van der Waals surface area (Å²) in [7, 11) is 1.55. The molecule has 0 fully saturated rings. The van der Waals surface area contributed by atoms with Crippen LogP contribution in [0.3, 0.4) is 0 Å². The molecular weight excluding hydrogens is 386 g/mol. The molecule has 1 atom stereocenters. The van der Waals surface area contributed by atoms with E-state index in [-0.39, 0.29) is 12.3 Å². The number of anilines is 1. The molecule has 1 N–H and O–H groups in total. The summed E-state index contributed by atoms with van der Waals surface area (Å²) < 4.78 is 11.4. The highest BCUT2D eigenvalue weighted by Gasteiger charge is 2.19. The van der Waals surface area contributed by atoms with Crippen molar-refractivity contribution in [1.82, 2.24) is 0 Å². The molecule has 0 radical (unpaired) electrons. The van der Waals surface area contributed by atoms with Crippen molar-refractivity contribution in [1.29, 1.82) is 0 Å². The van der Waals surface area contributed by atoms with Crippen LogP contribution in [0.4, 0.5) is 5.69 Å². The Bertz CT molecular complexity index is 759. The fourth-order valence-electron chi connectivity index (χ4n) is 2.27. The van der Waals surface area contributed by atoms with E-state index < -0.39 is 12.1 Å². The summed E-state index contributed by atoms with van der Waals surface area (Å²) in [6.45, 7) is 3.47. The molecule has 25 heavy (non-hydrogen) atoms. The average Bonchev–Trinajstić information content (AvgIpc) is 2.57. The van der Waals surface area contributed by atoms with E-state index in [1.165, 1.54) is 0 Å². The number of esters is 1. The van der Waals surface area contributed by atoms with Crippen LogP contribution in [0.25, 0.3) is 0 Å². The lowest BCUT2D eigenvalue weighted by molar-refractivity contribution is -0.152. The maximum absolute atomic E-state index is 12.1. The molecule has 6 heteroatoms. The van der Waals surface area contributed by atoms with Gasteiger partial charge in [-0.25, -0.2) is 0 Å². The van der Waals surface area contributed by atoms with Gasteiger partial charge in [0.2, 0.25) is 0 Å². The standard InChI is InChI=1S/C19H20BrNO4/c1-12-4-9-17(24-3)14(10-12)11-18(22)25-13(2)19(23)21-16-7-5-15(20)6-8-16/h4-10,13H,11H2,1-3H3,(H,21,23)/t13-/m1/s1. The number of nitrogens with one attached hydrogen (secondary N) is 1. The predicted octanol–water partition coefficient (Wildman–Crippen LogP) is 3.88. The van der Waals surface area contributed by atoms with Crippen LogP contribution in [-0.2, 0) is 20.7 Å². The third-order valence-corrected chi connectivity index (χ3v) is 4.09. The van der Waals surface area contributed by atoms with Crippen LogP contribution >= 0.6 is 15.9 Å². The molecule has 2 aromatic carbocycles. The highest BCUT2D eigenvalue weighted by atomic mass is 79.9. The third kappa shape index (κ3) is 5.60. The Hall–Kier alpha value is -2.34. The van der Waals surface area contributed by atoms with Gasteiger partial charge in [-0.3, -0.25) is 9.59 Å². The second-order valence-electron chi connectivity index (χ2n) is 5.62. The monoisotopic (exact) mass is 405 g/mol. The van der Waals surface area contributed by atoms with Crippen molar-refractivity contribution in [2.75, 3.05) is 12.4 Å². The third-order valence-electron chi connectivity index (χ3n) is 3.56. The van der Waals surface area contributed by atoms with Crippen molar-refractivity contribution in [3.63, 3.8) is 0 Å². The second kappa shape index (κ2) is 8.67. The Balaban J connectivity index is 1.94. The number of hydrogen-bond donors (Lipinski definition) is 1. The Labute approximate surface area is 155 Å². The Morgan fingerprint density at radius 3 is 2.48 bits per heavy atom. The van der Waals surface area contributed by atoms with Gasteiger partial charge in [0.25, 0.3) is 5.91 Å². The van der Waals surface area contributed by atoms with Crippen molar-refractivity contribution in [3.05, 3.63) is 58.1 Å². The summed E-state index contributed by atoms with van der Waals surface area (Å²) in [6, 6.07) is 12.7. The maximum Gasteiger partial charge on any atom is 0.311 e. The molecule has 1 amide bonds. The summed E-state index contributed by atoms with van der Waals surface area (Å²) in [6.07, 6.45) is -0.854. The predicted molar refractivity (Wildman–Crippen MR) is 99.8 cm³/mol. The van der Waals surface area contributed by atoms with E-state index in [0.29, 0.717) is 11.4 Å². The molecule has 0 saturated heterocycles. The number of methoxy groups -OCH3 is 1. The van der Waals surface area contributed by atoms with Crippen molar-refractivity contribution < 1.29 is 19.1 Å². The normalized spacial score (nSPS) is 11.5. The number of amides is 1. The minimum absolute atomic E-state index is 0.0424. The van der Waals surface area contributed by atoms with Crippen LogP contribution in [0.15, 0.2) is 46.9 Å². The molecule has 0 heterocycles. The number of hydrogen-bond acceptors (Lipinski definition) is 4. The van der Waals surface area contributed by atoms with Crippen LogP contribution in [0.1, 0.15) is 18.1 Å². The van der Waals surface area contributed by atoms with Crippen LogP contribution in [-0.4, -0.2) is 25.1 Å². The zero-order valence-corrected chi connectivity index (χ0v) is 15.9. The lowest BCUT2D eigenvalue weighted by Crippen LogP contribution is -2.30. The Morgan fingerprint density at radius 1 is 1.16 bits per heavy atom. The zero-order valence-electron chi connectivity index (χ0n) is 14.3. The lowest BCUT2D eigenvalue weighted by atomic mass is 10.1. The minimum Gasteiger partial charge on any atom is -0.496 e. The molecule has 2 aromatic rings. The topological polar surface area (TPSA) is 64.6 Å². The van der Waals surface area contributed by atoms with E-state index >= 15 is 0 Å². The number of benzene rings is 2. The van der Waals surface area contributed by atoms with Crippen molar-refractivity contribution in [2.24, 2.45) is 0 Å². The van der Waals surface area contributed by atoms with E-state index in [2.05, 4.69) is 21.2 Å². The number of halogens is 1. The van der Waals surface area contributed by atoms with E-state index in [1.807, 2.05) is 37.3 Å². The number of rotatable bonds is 6. The van der Waals surface area contributed by atoms with E-state index in [1.54, 1.807) is 26.2 Å². The van der Waals surface area contributed by atoms with Crippen LogP contribution in [0.2, 0.25) is 0 Å². The molecule has 0 bridgehead atoms. The maximum atomic E-state index is 12.1. The first kappa shape index (κ1) is 19.0. The van der Waals surface area contributed by atoms with Gasteiger partial charge in [-0.15, -0.1) is 0 Å².